The van der Waals surface area contributed by atoms with Crippen molar-refractivity contribution in [1.29, 1.82) is 0 Å². The molecule has 0 bridgehead atoms. The monoisotopic (exact) mass is 1020 g/mol. The van der Waals surface area contributed by atoms with Gasteiger partial charge in [-0.1, -0.05) is 103 Å². The summed E-state index contributed by atoms with van der Waals surface area (Å²) in [6.45, 7) is 1.30. The highest BCUT2D eigenvalue weighted by Crippen LogP contribution is 2.22. The minimum Gasteiger partial charge on any atom is -0.480 e. The summed E-state index contributed by atoms with van der Waals surface area (Å²) in [6.07, 6.45) is 1.48. The Kier molecular flexibility index (Phi) is 18.5. The molecule has 392 valence electrons. The summed E-state index contributed by atoms with van der Waals surface area (Å²) >= 11 is 0. The number of benzene rings is 5. The molecule has 1 fully saturated rings. The summed E-state index contributed by atoms with van der Waals surface area (Å²) in [7, 11) is 0. The van der Waals surface area contributed by atoms with Gasteiger partial charge >= 0.3 is 5.97 Å². The second-order valence-electron chi connectivity index (χ2n) is 18.7. The van der Waals surface area contributed by atoms with Crippen molar-refractivity contribution in [2.24, 2.45) is 16.5 Å². The van der Waals surface area contributed by atoms with Crippen molar-refractivity contribution in [1.82, 2.24) is 42.2 Å². The molecule has 13 N–H and O–H groups in total. The highest BCUT2D eigenvalue weighted by Gasteiger charge is 2.35. The summed E-state index contributed by atoms with van der Waals surface area (Å²) in [5.74, 6) is -6.81. The van der Waals surface area contributed by atoms with Crippen LogP contribution in [0.25, 0.3) is 32.4 Å². The van der Waals surface area contributed by atoms with Gasteiger partial charge in [-0.25, -0.2) is 4.79 Å². The van der Waals surface area contributed by atoms with Gasteiger partial charge in [-0.15, -0.1) is 0 Å². The number of aromatic nitrogens is 1. The molecule has 5 aromatic carbocycles. The van der Waals surface area contributed by atoms with Gasteiger partial charge in [0.25, 0.3) is 0 Å². The Morgan fingerprint density at radius 2 is 1.17 bits per heavy atom. The number of rotatable bonds is 12. The lowest BCUT2D eigenvalue weighted by Crippen LogP contribution is -2.60. The van der Waals surface area contributed by atoms with Crippen molar-refractivity contribution in [2.75, 3.05) is 13.1 Å². The SMILES string of the molecule is CC(=O)N[C@H]1CC(=O)NCCCC[C@@H](C(=O)O)NC(=O)[C@H](Cc2ccc3ccccc3c2)NC(=O)[C@H](CCCN=C(N)N)NC(=O)[C@@H](Cc2ccc3ccccc3c2)NC(=O)[C@H](Cc2c[nH]c3ccccc23)NC1=O. The van der Waals surface area contributed by atoms with Crippen molar-refractivity contribution >= 4 is 85.7 Å². The van der Waals surface area contributed by atoms with Gasteiger partial charge in [-0.3, -0.25) is 38.6 Å². The molecule has 7 rings (SSSR count). The second-order valence-corrected chi connectivity index (χ2v) is 18.7. The Hall–Kier alpha value is -8.81. The van der Waals surface area contributed by atoms with Crippen LogP contribution in [0.4, 0.5) is 0 Å². The van der Waals surface area contributed by atoms with E-state index in [1.807, 2.05) is 97.1 Å². The number of nitrogens with one attached hydrogen (secondary N) is 8. The predicted octanol–water partition coefficient (Wildman–Crippen LogP) is 2.26. The van der Waals surface area contributed by atoms with Crippen LogP contribution in [0.1, 0.15) is 62.1 Å². The average molecular weight is 1020 g/mol. The number of nitrogens with two attached hydrogens (primary N) is 2. The van der Waals surface area contributed by atoms with E-state index in [2.05, 4.69) is 47.2 Å². The number of carboxylic acids is 1. The number of aliphatic imine (C=N–C) groups is 1. The zero-order valence-electron chi connectivity index (χ0n) is 41.5. The maximum atomic E-state index is 15.0. The maximum Gasteiger partial charge on any atom is 0.326 e. The lowest BCUT2D eigenvalue weighted by Gasteiger charge is -2.28. The number of aliphatic carboxylic acids is 1. The lowest BCUT2D eigenvalue weighted by molar-refractivity contribution is -0.142. The average Bonchev–Trinajstić information content (AvgIpc) is 3.79. The number of aromatic amines is 1. The molecule has 0 unspecified atom stereocenters. The van der Waals surface area contributed by atoms with Crippen molar-refractivity contribution in [3.8, 4) is 0 Å². The summed E-state index contributed by atoms with van der Waals surface area (Å²) in [5, 5.41) is 33.6. The number of hydrogen-bond donors (Lipinski definition) is 11. The Balaban J connectivity index is 1.28. The molecule has 75 heavy (non-hydrogen) atoms. The Morgan fingerprint density at radius 3 is 1.77 bits per heavy atom. The number of para-hydroxylation sites is 1. The van der Waals surface area contributed by atoms with E-state index in [-0.39, 0.29) is 70.4 Å². The Morgan fingerprint density at radius 1 is 0.640 bits per heavy atom. The first kappa shape index (κ1) is 54.0. The van der Waals surface area contributed by atoms with Gasteiger partial charge in [0, 0.05) is 56.4 Å². The van der Waals surface area contributed by atoms with E-state index in [0.29, 0.717) is 16.7 Å². The molecular weight excluding hydrogens is 959 g/mol. The fourth-order valence-electron chi connectivity index (χ4n) is 9.16. The van der Waals surface area contributed by atoms with Gasteiger partial charge in [0.2, 0.25) is 41.4 Å². The standard InChI is InChI=1S/C55H63N11O9/c1-32(67)61-47-30-48(68)58-23-9-8-17-43(54(74)75)63-51(71)45(28-34-20-22-36-12-3-5-14-38(36)26-34)64-49(69)42(18-10-24-59-55(56)57)62-50(70)44(27-33-19-21-35-11-2-4-13-37(35)25-33)65-52(72)46(66-53(47)73)29-39-31-60-41-16-7-6-15-40(39)41/h2-7,11-16,19-22,25-26,31,42-47,60H,8-10,17-18,23-24,27-30H2,1H3,(H,58,68)(H,61,67)(H,62,70)(H,63,71)(H,64,69)(H,65,72)(H,66,73)(H,74,75)(H4,56,57,59)/t42-,43-,44+,45-,46-,47-/m0/s1. The minimum atomic E-state index is -1.44. The molecule has 6 aromatic rings. The van der Waals surface area contributed by atoms with Crippen LogP contribution in [0.5, 0.6) is 0 Å². The number of nitrogens with zero attached hydrogens (tertiary/aromatic N) is 1. The molecule has 0 radical (unpaired) electrons. The second kappa shape index (κ2) is 25.7. The van der Waals surface area contributed by atoms with E-state index in [9.17, 15) is 43.5 Å². The zero-order valence-corrected chi connectivity index (χ0v) is 41.5. The summed E-state index contributed by atoms with van der Waals surface area (Å²) in [4.78, 5) is 119. The molecule has 1 aliphatic heterocycles. The van der Waals surface area contributed by atoms with Gasteiger partial charge < -0.3 is 58.8 Å². The normalized spacial score (nSPS) is 20.9. The van der Waals surface area contributed by atoms with E-state index in [4.69, 9.17) is 11.5 Å². The van der Waals surface area contributed by atoms with Crippen LogP contribution in [-0.4, -0.2) is 113 Å². The van der Waals surface area contributed by atoms with Gasteiger partial charge in [0.15, 0.2) is 5.96 Å². The van der Waals surface area contributed by atoms with Gasteiger partial charge in [-0.2, -0.15) is 0 Å². The van der Waals surface area contributed by atoms with Crippen LogP contribution < -0.4 is 48.7 Å². The number of amides is 7. The third kappa shape index (κ3) is 15.4. The highest BCUT2D eigenvalue weighted by atomic mass is 16.4. The molecule has 2 heterocycles. The van der Waals surface area contributed by atoms with E-state index in [1.165, 1.54) is 6.92 Å². The summed E-state index contributed by atoms with van der Waals surface area (Å²) < 4.78 is 0. The van der Waals surface area contributed by atoms with Crippen molar-refractivity contribution in [3.63, 3.8) is 0 Å². The molecule has 1 saturated heterocycles. The number of H-pyrrole nitrogens is 1. The van der Waals surface area contributed by atoms with Gasteiger partial charge in [0.05, 0.1) is 6.42 Å². The van der Waals surface area contributed by atoms with Crippen LogP contribution >= 0.6 is 0 Å². The molecule has 0 aliphatic carbocycles. The molecule has 20 heteroatoms. The Labute approximate surface area is 432 Å². The van der Waals surface area contributed by atoms with Crippen molar-refractivity contribution < 1.29 is 43.5 Å². The van der Waals surface area contributed by atoms with Crippen LogP contribution in [0, 0.1) is 0 Å². The number of guanidine groups is 1. The first-order chi connectivity index (χ1) is 36.1. The Bertz CT molecular complexity index is 3100. The molecule has 20 nitrogen and oxygen atoms in total. The summed E-state index contributed by atoms with van der Waals surface area (Å²) in [5.41, 5.74) is 13.9. The topological polar surface area (TPSA) is 321 Å². The number of fused-ring (bicyclic) bond motifs is 3. The maximum absolute atomic E-state index is 15.0. The largest absolute Gasteiger partial charge is 0.480 e. The third-order valence-corrected chi connectivity index (χ3v) is 13.0. The lowest BCUT2D eigenvalue weighted by atomic mass is 9.99. The van der Waals surface area contributed by atoms with Crippen LogP contribution in [0.3, 0.4) is 0 Å². The highest BCUT2D eigenvalue weighted by molar-refractivity contribution is 5.98. The van der Waals surface area contributed by atoms with Gasteiger partial charge in [-0.05, 0) is 76.4 Å². The number of carboxylic acid groups (broad SMARTS) is 1. The van der Waals surface area contributed by atoms with E-state index in [0.717, 1.165) is 32.4 Å². The van der Waals surface area contributed by atoms with E-state index >= 15 is 0 Å². The van der Waals surface area contributed by atoms with Crippen LogP contribution in [0.2, 0.25) is 0 Å². The molecule has 6 atom stereocenters. The van der Waals surface area contributed by atoms with Gasteiger partial charge in [0.1, 0.15) is 36.3 Å². The summed E-state index contributed by atoms with van der Waals surface area (Å²) in [6, 6.07) is 25.2. The molecule has 0 spiro atoms. The van der Waals surface area contributed by atoms with Crippen molar-refractivity contribution in [2.45, 2.75) is 101 Å². The van der Waals surface area contributed by atoms with Crippen LogP contribution in [-0.2, 0) is 57.6 Å². The van der Waals surface area contributed by atoms with E-state index in [1.54, 1.807) is 18.3 Å². The molecule has 7 amide bonds. The number of carbonyl (C=O) groups is 8. The molecule has 1 aromatic heterocycles. The van der Waals surface area contributed by atoms with Crippen molar-refractivity contribution in [3.05, 3.63) is 132 Å². The number of hydrogen-bond acceptors (Lipinski definition) is 9. The first-order valence-electron chi connectivity index (χ1n) is 24.9. The molecule has 0 saturated carbocycles. The fourth-order valence-corrected chi connectivity index (χ4v) is 9.16. The third-order valence-electron chi connectivity index (χ3n) is 13.0. The first-order valence-corrected chi connectivity index (χ1v) is 24.9. The molecule has 1 aliphatic rings. The minimum absolute atomic E-state index is 0.0502. The number of carbonyl (C=O) groups excluding carboxylic acids is 7. The zero-order chi connectivity index (χ0) is 53.4. The fraction of sp³-hybridized carbons (Fsp3) is 0.327. The quantitative estimate of drug-likeness (QED) is 0.0480. The smallest absolute Gasteiger partial charge is 0.326 e. The van der Waals surface area contributed by atoms with E-state index < -0.39 is 90.0 Å². The molecular formula is C55H63N11O9. The van der Waals surface area contributed by atoms with Crippen LogP contribution in [0.15, 0.2) is 120 Å². The predicted molar refractivity (Wildman–Crippen MR) is 284 cm³/mol.